The minimum atomic E-state index is -0.982. The van der Waals surface area contributed by atoms with Gasteiger partial charge in [0.2, 0.25) is 0 Å². The van der Waals surface area contributed by atoms with E-state index in [0.29, 0.717) is 6.54 Å². The smallest absolute Gasteiger partial charge is 0.404 e. The zero-order valence-corrected chi connectivity index (χ0v) is 15.6. The summed E-state index contributed by atoms with van der Waals surface area (Å²) >= 11 is 11.8. The Balaban J connectivity index is 0.000000257. The van der Waals surface area contributed by atoms with Crippen molar-refractivity contribution in [3.63, 3.8) is 0 Å². The number of halogens is 2. The van der Waals surface area contributed by atoms with Gasteiger partial charge in [-0.25, -0.2) is 4.79 Å². The Kier molecular flexibility index (Phi) is 10.7. The number of hydrogen-bond acceptors (Lipinski definition) is 2. The maximum atomic E-state index is 10.1. The Morgan fingerprint density at radius 3 is 1.84 bits per heavy atom. The molecule has 25 heavy (non-hydrogen) atoms. The average Bonchev–Trinajstić information content (AvgIpc) is 2.60. The van der Waals surface area contributed by atoms with Crippen LogP contribution in [0.1, 0.15) is 24.0 Å². The molecule has 0 atom stereocenters. The van der Waals surface area contributed by atoms with Crippen LogP contribution in [0.4, 0.5) is 4.79 Å². The number of carboxylic acid groups (broad SMARTS) is 1. The maximum Gasteiger partial charge on any atom is 0.404 e. The molecule has 2 aromatic carbocycles. The van der Waals surface area contributed by atoms with Gasteiger partial charge in [-0.1, -0.05) is 59.6 Å². The number of benzene rings is 2. The first-order valence-corrected chi connectivity index (χ1v) is 8.94. The van der Waals surface area contributed by atoms with E-state index in [9.17, 15) is 4.79 Å². The molecule has 0 unspecified atom stereocenters. The van der Waals surface area contributed by atoms with E-state index in [4.69, 9.17) is 34.0 Å². The molecule has 0 aliphatic heterocycles. The summed E-state index contributed by atoms with van der Waals surface area (Å²) in [5.41, 5.74) is 7.63. The van der Waals surface area contributed by atoms with Gasteiger partial charge >= 0.3 is 6.09 Å². The minimum Gasteiger partial charge on any atom is -0.465 e. The molecule has 2 aromatic rings. The van der Waals surface area contributed by atoms with Crippen molar-refractivity contribution in [2.75, 3.05) is 13.1 Å². The highest BCUT2D eigenvalue weighted by Gasteiger charge is 1.99. The van der Waals surface area contributed by atoms with E-state index in [1.165, 1.54) is 5.56 Å². The summed E-state index contributed by atoms with van der Waals surface area (Å²) in [4.78, 5) is 10.1. The van der Waals surface area contributed by atoms with E-state index in [1.807, 2.05) is 48.5 Å². The van der Waals surface area contributed by atoms with Gasteiger partial charge in [-0.3, -0.25) is 0 Å². The lowest BCUT2D eigenvalue weighted by molar-refractivity contribution is 0.194. The van der Waals surface area contributed by atoms with E-state index >= 15 is 0 Å². The third-order valence-electron chi connectivity index (χ3n) is 3.47. The Labute approximate surface area is 159 Å². The molecule has 6 heteroatoms. The lowest BCUT2D eigenvalue weighted by atomic mass is 10.1. The van der Waals surface area contributed by atoms with Gasteiger partial charge in [0.05, 0.1) is 0 Å². The van der Waals surface area contributed by atoms with Gasteiger partial charge < -0.3 is 16.2 Å². The standard InChI is InChI=1S/C10H12ClNO2.C9H12ClN/c11-9-6-2-1-4-8(9)5-3-7-12-10(13)14;10-9-6-2-1-4-8(9)5-3-7-11/h1-2,4,6,12H,3,5,7H2,(H,13,14);1-2,4,6H,3,5,7,11H2. The lowest BCUT2D eigenvalue weighted by Crippen LogP contribution is -2.22. The third kappa shape index (κ3) is 9.34. The normalized spacial score (nSPS) is 9.88. The van der Waals surface area contributed by atoms with E-state index < -0.39 is 6.09 Å². The molecule has 0 heterocycles. The van der Waals surface area contributed by atoms with Crippen LogP contribution in [0.3, 0.4) is 0 Å². The van der Waals surface area contributed by atoms with E-state index in [2.05, 4.69) is 5.32 Å². The van der Waals surface area contributed by atoms with Crippen molar-refractivity contribution in [3.8, 4) is 0 Å². The quantitative estimate of drug-likeness (QED) is 0.603. The fourth-order valence-corrected chi connectivity index (χ4v) is 2.63. The minimum absolute atomic E-state index is 0.459. The van der Waals surface area contributed by atoms with Crippen LogP contribution in [0.2, 0.25) is 10.0 Å². The molecule has 0 fully saturated rings. The maximum absolute atomic E-state index is 10.1. The summed E-state index contributed by atoms with van der Waals surface area (Å²) in [6.45, 7) is 1.19. The summed E-state index contributed by atoms with van der Waals surface area (Å²) in [6, 6.07) is 15.5. The van der Waals surface area contributed by atoms with Gasteiger partial charge in [-0.15, -0.1) is 0 Å². The van der Waals surface area contributed by atoms with Crippen molar-refractivity contribution in [1.82, 2.24) is 5.32 Å². The molecule has 4 N–H and O–H groups in total. The highest BCUT2D eigenvalue weighted by Crippen LogP contribution is 2.16. The largest absolute Gasteiger partial charge is 0.465 e. The number of carbonyl (C=O) groups is 1. The monoisotopic (exact) mass is 382 g/mol. The van der Waals surface area contributed by atoms with Gasteiger partial charge in [-0.05, 0) is 55.5 Å². The zero-order chi connectivity index (χ0) is 18.5. The molecule has 0 saturated carbocycles. The summed E-state index contributed by atoms with van der Waals surface area (Å²) in [5.74, 6) is 0. The lowest BCUT2D eigenvalue weighted by Gasteiger charge is -2.03. The average molecular weight is 383 g/mol. The summed E-state index contributed by atoms with van der Waals surface area (Å²) in [6.07, 6.45) is 2.56. The van der Waals surface area contributed by atoms with Gasteiger partial charge in [0.25, 0.3) is 0 Å². The Hall–Kier alpha value is -1.75. The van der Waals surface area contributed by atoms with Crippen LogP contribution in [-0.2, 0) is 12.8 Å². The molecule has 0 aliphatic carbocycles. The SMILES string of the molecule is NCCCc1ccccc1Cl.O=C(O)NCCCc1ccccc1Cl. The van der Waals surface area contributed by atoms with E-state index in [-0.39, 0.29) is 0 Å². The molecular formula is C19H24Cl2N2O2. The van der Waals surface area contributed by atoms with Gasteiger partial charge in [0, 0.05) is 16.6 Å². The van der Waals surface area contributed by atoms with Crippen LogP contribution >= 0.6 is 23.2 Å². The van der Waals surface area contributed by atoms with Crippen molar-refractivity contribution in [3.05, 3.63) is 69.7 Å². The predicted octanol–water partition coefficient (Wildman–Crippen LogP) is 4.77. The second-order valence-electron chi connectivity index (χ2n) is 5.41. The molecule has 0 bridgehead atoms. The highest BCUT2D eigenvalue weighted by atomic mass is 35.5. The number of aryl methyl sites for hydroxylation is 2. The fraction of sp³-hybridized carbons (Fsp3) is 0.316. The van der Waals surface area contributed by atoms with Crippen LogP contribution in [0.15, 0.2) is 48.5 Å². The van der Waals surface area contributed by atoms with Crippen molar-refractivity contribution < 1.29 is 9.90 Å². The van der Waals surface area contributed by atoms with Gasteiger partial charge in [0.15, 0.2) is 0 Å². The summed E-state index contributed by atoms with van der Waals surface area (Å²) in [5, 5.41) is 12.2. The van der Waals surface area contributed by atoms with Crippen LogP contribution < -0.4 is 11.1 Å². The summed E-state index contributed by atoms with van der Waals surface area (Å²) in [7, 11) is 0. The molecule has 0 spiro atoms. The second kappa shape index (κ2) is 12.6. The summed E-state index contributed by atoms with van der Waals surface area (Å²) < 4.78 is 0. The number of rotatable bonds is 7. The first-order chi connectivity index (χ1) is 12.0. The number of hydrogen-bond donors (Lipinski definition) is 3. The van der Waals surface area contributed by atoms with Gasteiger partial charge in [0.1, 0.15) is 0 Å². The van der Waals surface area contributed by atoms with Crippen molar-refractivity contribution >= 4 is 29.3 Å². The molecule has 0 saturated heterocycles. The first kappa shape index (κ1) is 21.3. The molecule has 2 rings (SSSR count). The van der Waals surface area contributed by atoms with Crippen molar-refractivity contribution in [1.29, 1.82) is 0 Å². The number of nitrogens with one attached hydrogen (secondary N) is 1. The van der Waals surface area contributed by atoms with Crippen LogP contribution in [0.25, 0.3) is 0 Å². The van der Waals surface area contributed by atoms with Gasteiger partial charge in [-0.2, -0.15) is 0 Å². The Bertz CT molecular complexity index is 651. The molecule has 136 valence electrons. The zero-order valence-electron chi connectivity index (χ0n) is 14.1. The van der Waals surface area contributed by atoms with Crippen LogP contribution in [-0.4, -0.2) is 24.3 Å². The fourth-order valence-electron chi connectivity index (χ4n) is 2.17. The highest BCUT2D eigenvalue weighted by molar-refractivity contribution is 6.31. The Morgan fingerprint density at radius 1 is 0.920 bits per heavy atom. The molecule has 0 aliphatic rings. The molecular weight excluding hydrogens is 359 g/mol. The second-order valence-corrected chi connectivity index (χ2v) is 6.22. The van der Waals surface area contributed by atoms with Crippen molar-refractivity contribution in [2.45, 2.75) is 25.7 Å². The molecule has 0 aromatic heterocycles. The predicted molar refractivity (Wildman–Crippen MR) is 105 cm³/mol. The third-order valence-corrected chi connectivity index (χ3v) is 4.20. The van der Waals surface area contributed by atoms with Crippen molar-refractivity contribution in [2.24, 2.45) is 5.73 Å². The first-order valence-electron chi connectivity index (χ1n) is 8.18. The van der Waals surface area contributed by atoms with E-state index in [1.54, 1.807) is 0 Å². The molecule has 1 amide bonds. The molecule has 0 radical (unpaired) electrons. The molecule has 4 nitrogen and oxygen atoms in total. The van der Waals surface area contributed by atoms with E-state index in [0.717, 1.165) is 47.8 Å². The number of nitrogens with two attached hydrogens (primary N) is 1. The Morgan fingerprint density at radius 2 is 1.40 bits per heavy atom. The van der Waals surface area contributed by atoms with Crippen LogP contribution in [0, 0.1) is 0 Å². The topological polar surface area (TPSA) is 75.4 Å². The van der Waals surface area contributed by atoms with Crippen LogP contribution in [0.5, 0.6) is 0 Å². The number of amides is 1.